The van der Waals surface area contributed by atoms with Gasteiger partial charge >= 0.3 is 0 Å². The summed E-state index contributed by atoms with van der Waals surface area (Å²) in [5.41, 5.74) is 3.82. The molecule has 1 aromatic rings. The minimum Gasteiger partial charge on any atom is -0.378 e. The van der Waals surface area contributed by atoms with Gasteiger partial charge in [0.2, 0.25) is 0 Å². The number of fused-ring (bicyclic) bond motifs is 5. The second kappa shape index (κ2) is 4.82. The van der Waals surface area contributed by atoms with Gasteiger partial charge in [-0.2, -0.15) is 0 Å². The highest BCUT2D eigenvalue weighted by molar-refractivity contribution is 5.69. The summed E-state index contributed by atoms with van der Waals surface area (Å²) in [7, 11) is 4.11. The van der Waals surface area contributed by atoms with E-state index in [9.17, 15) is 0 Å². The molecule has 0 saturated carbocycles. The molecule has 0 aliphatic carbocycles. The molecule has 1 aromatic carbocycles. The summed E-state index contributed by atoms with van der Waals surface area (Å²) in [5, 5.41) is 0. The van der Waals surface area contributed by atoms with Gasteiger partial charge in [0, 0.05) is 26.2 Å². The molecule has 0 unspecified atom stereocenters. The van der Waals surface area contributed by atoms with Gasteiger partial charge in [-0.25, -0.2) is 0 Å². The van der Waals surface area contributed by atoms with Crippen molar-refractivity contribution in [3.63, 3.8) is 0 Å². The van der Waals surface area contributed by atoms with E-state index in [4.69, 9.17) is 14.2 Å². The molecule has 4 heteroatoms. The summed E-state index contributed by atoms with van der Waals surface area (Å²) < 4.78 is 18.1. The monoisotopic (exact) mass is 301 g/mol. The molecule has 0 amide bonds. The molecule has 0 radical (unpaired) electrons. The van der Waals surface area contributed by atoms with Crippen LogP contribution in [0.15, 0.2) is 30.3 Å². The van der Waals surface area contributed by atoms with Gasteiger partial charge in [-0.15, -0.1) is 0 Å². The van der Waals surface area contributed by atoms with Crippen LogP contribution >= 0.6 is 0 Å². The van der Waals surface area contributed by atoms with Crippen LogP contribution in [0.2, 0.25) is 0 Å². The fourth-order valence-electron chi connectivity index (χ4n) is 3.68. The van der Waals surface area contributed by atoms with Crippen LogP contribution in [0, 0.1) is 0 Å². The first-order chi connectivity index (χ1) is 10.4. The summed E-state index contributed by atoms with van der Waals surface area (Å²) in [4.78, 5) is 2.11. The zero-order chi connectivity index (χ0) is 15.5. The van der Waals surface area contributed by atoms with Crippen molar-refractivity contribution in [3.8, 4) is 0 Å². The standard InChI is InChI=1S/C18H23NO3/c1-18(2)21-16-14-9-12(10-15(20-14)17(16)22-18)11-5-7-13(8-6-11)19(3)4/h5-9,14-17H,10H2,1-4H3/t14-,15+,16-,17+/m0/s1. The quantitative estimate of drug-likeness (QED) is 0.840. The highest BCUT2D eigenvalue weighted by Crippen LogP contribution is 2.45. The average molecular weight is 301 g/mol. The molecule has 3 heterocycles. The molecule has 0 N–H and O–H groups in total. The number of anilines is 1. The van der Waals surface area contributed by atoms with Crippen LogP contribution in [-0.2, 0) is 14.2 Å². The molecule has 4 rings (SSSR count). The molecule has 4 nitrogen and oxygen atoms in total. The van der Waals surface area contributed by atoms with Crippen LogP contribution < -0.4 is 4.90 Å². The maximum atomic E-state index is 6.04. The van der Waals surface area contributed by atoms with E-state index in [0.29, 0.717) is 0 Å². The van der Waals surface area contributed by atoms with E-state index >= 15 is 0 Å². The van der Waals surface area contributed by atoms with Crippen LogP contribution in [-0.4, -0.2) is 44.3 Å². The van der Waals surface area contributed by atoms with E-state index < -0.39 is 5.79 Å². The fourth-order valence-corrected chi connectivity index (χ4v) is 3.68. The van der Waals surface area contributed by atoms with E-state index in [-0.39, 0.29) is 24.4 Å². The SMILES string of the molecule is CN(C)c1ccc(C2=C[C@@H]3O[C@H](C2)[C@H]2OC(C)(C)O[C@H]23)cc1. The third kappa shape index (κ3) is 2.26. The molecule has 3 aliphatic heterocycles. The Morgan fingerprint density at radius 2 is 1.73 bits per heavy atom. The molecular weight excluding hydrogens is 278 g/mol. The van der Waals surface area contributed by atoms with Crippen LogP contribution in [0.4, 0.5) is 5.69 Å². The minimum atomic E-state index is -0.492. The van der Waals surface area contributed by atoms with Crippen molar-refractivity contribution in [3.05, 3.63) is 35.9 Å². The van der Waals surface area contributed by atoms with E-state index in [1.807, 2.05) is 13.8 Å². The highest BCUT2D eigenvalue weighted by Gasteiger charge is 2.56. The van der Waals surface area contributed by atoms with E-state index in [0.717, 1.165) is 6.42 Å². The highest BCUT2D eigenvalue weighted by atomic mass is 16.8. The summed E-state index contributed by atoms with van der Waals surface area (Å²) in [6.45, 7) is 3.96. The third-order valence-corrected chi connectivity index (χ3v) is 4.73. The number of rotatable bonds is 2. The number of ether oxygens (including phenoxy) is 3. The van der Waals surface area contributed by atoms with Crippen LogP contribution in [0.25, 0.3) is 5.57 Å². The molecule has 2 bridgehead atoms. The van der Waals surface area contributed by atoms with Crippen molar-refractivity contribution in [1.29, 1.82) is 0 Å². The second-order valence-corrected chi connectivity index (χ2v) is 7.04. The summed E-state index contributed by atoms with van der Waals surface area (Å²) >= 11 is 0. The van der Waals surface area contributed by atoms with Gasteiger partial charge in [-0.05, 0) is 43.2 Å². The fraction of sp³-hybridized carbons (Fsp3) is 0.556. The lowest BCUT2D eigenvalue weighted by atomic mass is 9.97. The molecule has 2 saturated heterocycles. The lowest BCUT2D eigenvalue weighted by molar-refractivity contribution is -0.182. The van der Waals surface area contributed by atoms with Gasteiger partial charge in [0.1, 0.15) is 18.3 Å². The maximum Gasteiger partial charge on any atom is 0.164 e. The zero-order valence-corrected chi connectivity index (χ0v) is 13.6. The van der Waals surface area contributed by atoms with E-state index in [2.05, 4.69) is 49.3 Å². The van der Waals surface area contributed by atoms with Crippen molar-refractivity contribution in [2.45, 2.75) is 50.5 Å². The number of hydrogen-bond donors (Lipinski definition) is 0. The Balaban J connectivity index is 1.59. The molecule has 3 aliphatic rings. The van der Waals surface area contributed by atoms with Crippen molar-refractivity contribution < 1.29 is 14.2 Å². The van der Waals surface area contributed by atoms with Gasteiger partial charge in [0.25, 0.3) is 0 Å². The normalized spacial score (nSPS) is 35.2. The Bertz CT molecular complexity index is 605. The van der Waals surface area contributed by atoms with Crippen LogP contribution in [0.3, 0.4) is 0 Å². The molecule has 0 aromatic heterocycles. The van der Waals surface area contributed by atoms with Gasteiger partial charge in [-0.3, -0.25) is 0 Å². The summed E-state index contributed by atoms with van der Waals surface area (Å²) in [6, 6.07) is 8.69. The molecule has 2 fully saturated rings. The zero-order valence-electron chi connectivity index (χ0n) is 13.6. The maximum absolute atomic E-state index is 6.04. The van der Waals surface area contributed by atoms with Gasteiger partial charge in [-0.1, -0.05) is 12.1 Å². The van der Waals surface area contributed by atoms with Gasteiger partial charge in [0.15, 0.2) is 5.79 Å². The van der Waals surface area contributed by atoms with Crippen molar-refractivity contribution in [2.75, 3.05) is 19.0 Å². The average Bonchev–Trinajstić information content (AvgIpc) is 2.92. The summed E-state index contributed by atoms with van der Waals surface area (Å²) in [5.74, 6) is -0.492. The Labute approximate surface area is 131 Å². The van der Waals surface area contributed by atoms with Gasteiger partial charge in [0.05, 0.1) is 6.10 Å². The first-order valence-electron chi connectivity index (χ1n) is 7.92. The van der Waals surface area contributed by atoms with Crippen LogP contribution in [0.1, 0.15) is 25.8 Å². The summed E-state index contributed by atoms with van der Waals surface area (Å²) in [6.07, 6.45) is 3.29. The first-order valence-corrected chi connectivity index (χ1v) is 7.92. The van der Waals surface area contributed by atoms with E-state index in [1.54, 1.807) is 0 Å². The largest absolute Gasteiger partial charge is 0.378 e. The van der Waals surface area contributed by atoms with Crippen LogP contribution in [0.5, 0.6) is 0 Å². The molecule has 4 atom stereocenters. The Morgan fingerprint density at radius 3 is 2.41 bits per heavy atom. The predicted molar refractivity (Wildman–Crippen MR) is 85.8 cm³/mol. The Hall–Kier alpha value is -1.36. The molecule has 22 heavy (non-hydrogen) atoms. The Morgan fingerprint density at radius 1 is 1.05 bits per heavy atom. The number of benzene rings is 1. The predicted octanol–water partition coefficient (Wildman–Crippen LogP) is 2.83. The van der Waals surface area contributed by atoms with Crippen molar-refractivity contribution in [2.24, 2.45) is 0 Å². The second-order valence-electron chi connectivity index (χ2n) is 7.04. The first kappa shape index (κ1) is 14.2. The lowest BCUT2D eigenvalue weighted by Gasteiger charge is -2.27. The lowest BCUT2D eigenvalue weighted by Crippen LogP contribution is -2.30. The van der Waals surface area contributed by atoms with Crippen molar-refractivity contribution >= 4 is 11.3 Å². The molecular formula is C18H23NO3. The Kier molecular flexibility index (Phi) is 3.12. The minimum absolute atomic E-state index is 0.00838. The smallest absolute Gasteiger partial charge is 0.164 e. The van der Waals surface area contributed by atoms with Gasteiger partial charge < -0.3 is 19.1 Å². The third-order valence-electron chi connectivity index (χ3n) is 4.73. The molecule has 118 valence electrons. The number of hydrogen-bond acceptors (Lipinski definition) is 4. The molecule has 0 spiro atoms. The number of nitrogens with zero attached hydrogens (tertiary/aromatic N) is 1. The van der Waals surface area contributed by atoms with Crippen molar-refractivity contribution in [1.82, 2.24) is 0 Å². The topological polar surface area (TPSA) is 30.9 Å². The van der Waals surface area contributed by atoms with E-state index in [1.165, 1.54) is 16.8 Å².